The Bertz CT molecular complexity index is 592. The van der Waals surface area contributed by atoms with Crippen LogP contribution in [0.5, 0.6) is 0 Å². The molecule has 0 amide bonds. The Labute approximate surface area is 151 Å². The van der Waals surface area contributed by atoms with Crippen molar-refractivity contribution in [3.63, 3.8) is 0 Å². The van der Waals surface area contributed by atoms with Crippen LogP contribution in [-0.4, -0.2) is 6.88 Å². The molecule has 2 rings (SSSR count). The van der Waals surface area contributed by atoms with Crippen molar-refractivity contribution in [1.29, 1.82) is 0 Å². The molecule has 0 heterocycles. The molecule has 4 heteroatoms. The molecular weight excluding hydrogens is 406 g/mol. The third kappa shape index (κ3) is 3.10. The second-order valence-electron chi connectivity index (χ2n) is 7.03. The van der Waals surface area contributed by atoms with Crippen LogP contribution in [0, 0.1) is 0 Å². The molecule has 22 heavy (non-hydrogen) atoms. The van der Waals surface area contributed by atoms with E-state index in [-0.39, 0.29) is 24.8 Å². The van der Waals surface area contributed by atoms with Gasteiger partial charge in [-0.3, -0.25) is 0 Å². The largest absolute Gasteiger partial charge is 0.147 e. The molecule has 0 aliphatic heterocycles. The molecule has 0 aromatic carbocycles. The SMILES string of the molecule is C[CH2][Zr](=[SiH2])([CH2]C)([C]1=C(C)C(C)=CC1)[C]1=C(C)C(C)=CC1.Cl.Cl. The van der Waals surface area contributed by atoms with Crippen LogP contribution in [0.4, 0.5) is 0 Å². The molecule has 0 aromatic heterocycles. The molecule has 0 N–H and O–H groups in total. The topological polar surface area (TPSA) is 0 Å². The Hall–Kier alpha value is 0.640. The van der Waals surface area contributed by atoms with Gasteiger partial charge in [0.25, 0.3) is 0 Å². The Morgan fingerprint density at radius 3 is 1.32 bits per heavy atom. The summed E-state index contributed by atoms with van der Waals surface area (Å²) in [6, 6.07) is 0. The van der Waals surface area contributed by atoms with Gasteiger partial charge < -0.3 is 0 Å². The minimum Gasteiger partial charge on any atom is -0.147 e. The van der Waals surface area contributed by atoms with E-state index in [1.807, 2.05) is 6.56 Å². The molecule has 0 nitrogen and oxygen atoms in total. The molecule has 0 spiro atoms. The van der Waals surface area contributed by atoms with Crippen LogP contribution >= 0.6 is 24.8 Å². The van der Waals surface area contributed by atoms with E-state index in [9.17, 15) is 0 Å². The van der Waals surface area contributed by atoms with Gasteiger partial charge in [-0.2, -0.15) is 0 Å². The fourth-order valence-corrected chi connectivity index (χ4v) is 24.5. The molecule has 0 atom stereocenters. The number of halogens is 2. The van der Waals surface area contributed by atoms with E-state index >= 15 is 0 Å². The van der Waals surface area contributed by atoms with Crippen LogP contribution in [0.15, 0.2) is 41.0 Å². The van der Waals surface area contributed by atoms with Crippen molar-refractivity contribution in [2.75, 3.05) is 0 Å². The average Bonchev–Trinajstić information content (AvgIpc) is 2.96. The van der Waals surface area contributed by atoms with E-state index in [1.165, 1.54) is 32.2 Å². The summed E-state index contributed by atoms with van der Waals surface area (Å²) in [5.74, 6) is 0. The standard InChI is InChI=1S/2C7H9.2C2H5.2ClH.H2Si.Zr/c2*1-6-4-3-5-7(6)2;2*1-2;;;;/h2*4H,3H2,1-2H3;2*1H2,2H3;2*1H;1H2;. The zero-order valence-electron chi connectivity index (χ0n) is 15.0. The molecule has 0 saturated carbocycles. The number of allylic oxidation sites excluding steroid dienone is 8. The number of hydrogen-bond acceptors (Lipinski definition) is 0. The third-order valence-corrected chi connectivity index (χ3v) is 36.6. The van der Waals surface area contributed by atoms with Gasteiger partial charge in [0.15, 0.2) is 0 Å². The predicted octanol–water partition coefficient (Wildman–Crippen LogP) is 6.19. The number of hydrogen-bond donors (Lipinski definition) is 0. The van der Waals surface area contributed by atoms with Crippen molar-refractivity contribution in [3.05, 3.63) is 41.0 Å². The molecule has 2 aliphatic carbocycles. The molecule has 0 saturated heterocycles. The summed E-state index contributed by atoms with van der Waals surface area (Å²) < 4.78 is 6.62. The Kier molecular flexibility index (Phi) is 7.91. The van der Waals surface area contributed by atoms with Crippen LogP contribution in [0.3, 0.4) is 0 Å². The second-order valence-corrected chi connectivity index (χ2v) is 33.1. The summed E-state index contributed by atoms with van der Waals surface area (Å²) in [6.07, 6.45) is 7.43. The third-order valence-electron chi connectivity index (χ3n) is 6.60. The summed E-state index contributed by atoms with van der Waals surface area (Å²) >= 11 is -2.97. The Morgan fingerprint density at radius 1 is 0.818 bits per heavy atom. The molecule has 0 aromatic rings. The predicted molar refractivity (Wildman–Crippen MR) is 106 cm³/mol. The van der Waals surface area contributed by atoms with Crippen molar-refractivity contribution in [2.24, 2.45) is 0 Å². The van der Waals surface area contributed by atoms with Crippen LogP contribution in [0.1, 0.15) is 54.4 Å². The minimum atomic E-state index is -2.97. The van der Waals surface area contributed by atoms with E-state index in [1.54, 1.807) is 11.1 Å². The fourth-order valence-electron chi connectivity index (χ4n) is 4.40. The summed E-state index contributed by atoms with van der Waals surface area (Å²) in [4.78, 5) is 0. The smallest absolute Gasteiger partial charge is 0.147 e. The first-order valence-electron chi connectivity index (χ1n) is 8.08. The Balaban J connectivity index is 0.00000220. The van der Waals surface area contributed by atoms with Gasteiger partial charge in [-0.15, -0.1) is 24.8 Å². The molecular formula is C18H32Cl2SiZr. The van der Waals surface area contributed by atoms with Gasteiger partial charge in [-0.1, -0.05) is 0 Å². The van der Waals surface area contributed by atoms with Gasteiger partial charge in [0, 0.05) is 0 Å². The van der Waals surface area contributed by atoms with Crippen molar-refractivity contribution >= 4 is 31.7 Å². The molecule has 2 aliphatic rings. The van der Waals surface area contributed by atoms with E-state index in [4.69, 9.17) is 0 Å². The van der Waals surface area contributed by atoms with Crippen LogP contribution in [0.25, 0.3) is 0 Å². The molecule has 0 radical (unpaired) electrons. The van der Waals surface area contributed by atoms with Crippen molar-refractivity contribution in [2.45, 2.75) is 62.6 Å². The van der Waals surface area contributed by atoms with E-state index in [2.05, 4.69) is 60.6 Å². The second kappa shape index (κ2) is 7.68. The van der Waals surface area contributed by atoms with Gasteiger partial charge in [-0.25, -0.2) is 0 Å². The van der Waals surface area contributed by atoms with E-state index in [0.717, 1.165) is 0 Å². The van der Waals surface area contributed by atoms with Crippen molar-refractivity contribution < 1.29 is 17.4 Å². The summed E-state index contributed by atoms with van der Waals surface area (Å²) in [6.45, 7) is 16.8. The van der Waals surface area contributed by atoms with Crippen LogP contribution in [-0.2, 0) is 17.4 Å². The van der Waals surface area contributed by atoms with Crippen molar-refractivity contribution in [1.82, 2.24) is 0 Å². The fraction of sp³-hybridized carbons (Fsp3) is 0.556. The zero-order chi connectivity index (χ0) is 15.2. The average molecular weight is 439 g/mol. The maximum absolute atomic E-state index is 2.97. The van der Waals surface area contributed by atoms with Crippen LogP contribution in [0.2, 0.25) is 8.26 Å². The van der Waals surface area contributed by atoms with Gasteiger partial charge in [0.05, 0.1) is 0 Å². The maximum Gasteiger partial charge on any atom is -0.147 e. The maximum atomic E-state index is 2.48. The summed E-state index contributed by atoms with van der Waals surface area (Å²) in [7, 11) is 0. The monoisotopic (exact) mass is 436 g/mol. The normalized spacial score (nSPS) is 18.9. The first-order chi connectivity index (χ1) is 9.29. The van der Waals surface area contributed by atoms with E-state index in [0.29, 0.717) is 0 Å². The molecule has 126 valence electrons. The first kappa shape index (κ1) is 22.6. The minimum absolute atomic E-state index is 0. The summed E-state index contributed by atoms with van der Waals surface area (Å²) in [5.41, 5.74) is 6.35. The van der Waals surface area contributed by atoms with Gasteiger partial charge >= 0.3 is 128 Å². The first-order valence-corrected chi connectivity index (χ1v) is 19.9. The zero-order valence-corrected chi connectivity index (χ0v) is 20.5. The van der Waals surface area contributed by atoms with Crippen LogP contribution < -0.4 is 0 Å². The van der Waals surface area contributed by atoms with Gasteiger partial charge in [-0.05, 0) is 0 Å². The quantitative estimate of drug-likeness (QED) is 0.459. The van der Waals surface area contributed by atoms with Gasteiger partial charge in [0.2, 0.25) is 0 Å². The molecule has 0 unspecified atom stereocenters. The van der Waals surface area contributed by atoms with Gasteiger partial charge in [0.1, 0.15) is 0 Å². The van der Waals surface area contributed by atoms with E-state index < -0.39 is 17.4 Å². The molecule has 0 bridgehead atoms. The molecule has 0 fully saturated rings. The summed E-state index contributed by atoms with van der Waals surface area (Å²) in [5, 5.41) is 0. The number of rotatable bonds is 4. The van der Waals surface area contributed by atoms with Crippen molar-refractivity contribution in [3.8, 4) is 0 Å². The Morgan fingerprint density at radius 2 is 1.14 bits per heavy atom.